The lowest BCUT2D eigenvalue weighted by Crippen LogP contribution is -2.40. The zero-order valence-electron chi connectivity index (χ0n) is 10.3. The summed E-state index contributed by atoms with van der Waals surface area (Å²) in [6.45, 7) is 2.49. The van der Waals surface area contributed by atoms with Crippen LogP contribution in [0.4, 0.5) is 0 Å². The van der Waals surface area contributed by atoms with Crippen LogP contribution in [-0.2, 0) is 11.2 Å². The molecule has 0 aliphatic carbocycles. The Morgan fingerprint density at radius 3 is 3.00 bits per heavy atom. The van der Waals surface area contributed by atoms with Gasteiger partial charge in [-0.2, -0.15) is 0 Å². The van der Waals surface area contributed by atoms with Gasteiger partial charge in [-0.05, 0) is 37.0 Å². The van der Waals surface area contributed by atoms with Crippen LogP contribution in [0.2, 0.25) is 0 Å². The highest BCUT2D eigenvalue weighted by Crippen LogP contribution is 2.20. The summed E-state index contributed by atoms with van der Waals surface area (Å²) in [7, 11) is 0. The van der Waals surface area contributed by atoms with Crippen molar-refractivity contribution >= 4 is 11.9 Å². The van der Waals surface area contributed by atoms with Crippen LogP contribution < -0.4 is 0 Å². The molecule has 5 nitrogen and oxygen atoms in total. The van der Waals surface area contributed by atoms with Crippen molar-refractivity contribution in [2.24, 2.45) is 0 Å². The number of likely N-dealkylation sites (tertiary alicyclic amines) is 1. The van der Waals surface area contributed by atoms with E-state index >= 15 is 0 Å². The topological polar surface area (TPSA) is 70.5 Å². The van der Waals surface area contributed by atoms with Crippen molar-refractivity contribution in [1.82, 2.24) is 9.88 Å². The molecule has 0 radical (unpaired) electrons. The molecule has 5 heteroatoms. The number of rotatable bonds is 3. The smallest absolute Gasteiger partial charge is 0.326 e. The standard InChI is InChI=1S/C13H16N2O3/c1-2-9-5-6-14-10(8-9)12(16)15-7-3-4-11(15)13(17)18/h5-6,8,11H,2-4,7H2,1H3,(H,17,18). The highest BCUT2D eigenvalue weighted by atomic mass is 16.4. The molecule has 1 aromatic rings. The van der Waals surface area contributed by atoms with E-state index in [4.69, 9.17) is 5.11 Å². The maximum atomic E-state index is 12.2. The Labute approximate surface area is 105 Å². The average molecular weight is 248 g/mol. The molecule has 1 amide bonds. The summed E-state index contributed by atoms with van der Waals surface area (Å²) in [4.78, 5) is 28.7. The molecule has 1 aliphatic heterocycles. The largest absolute Gasteiger partial charge is 0.480 e. The zero-order chi connectivity index (χ0) is 13.1. The van der Waals surface area contributed by atoms with Gasteiger partial charge in [0.05, 0.1) is 0 Å². The summed E-state index contributed by atoms with van der Waals surface area (Å²) in [6, 6.07) is 2.89. The Kier molecular flexibility index (Phi) is 3.60. The molecule has 0 aromatic carbocycles. The Morgan fingerprint density at radius 1 is 1.56 bits per heavy atom. The molecule has 2 rings (SSSR count). The second-order valence-electron chi connectivity index (χ2n) is 4.40. The normalized spacial score (nSPS) is 18.9. The molecule has 1 N–H and O–H groups in total. The SMILES string of the molecule is CCc1ccnc(C(=O)N2CCCC2C(=O)O)c1. The Bertz CT molecular complexity index is 473. The van der Waals surface area contributed by atoms with E-state index in [0.29, 0.717) is 18.7 Å². The number of carboxylic acid groups (broad SMARTS) is 1. The van der Waals surface area contributed by atoms with Gasteiger partial charge in [-0.25, -0.2) is 4.79 Å². The van der Waals surface area contributed by atoms with Crippen LogP contribution in [0.1, 0.15) is 35.8 Å². The lowest BCUT2D eigenvalue weighted by atomic mass is 10.1. The molecule has 0 spiro atoms. The number of carboxylic acids is 1. The maximum Gasteiger partial charge on any atom is 0.326 e. The van der Waals surface area contributed by atoms with Crippen molar-refractivity contribution < 1.29 is 14.7 Å². The fraction of sp³-hybridized carbons (Fsp3) is 0.462. The molecule has 1 atom stereocenters. The second kappa shape index (κ2) is 5.16. The fourth-order valence-corrected chi connectivity index (χ4v) is 2.22. The Balaban J connectivity index is 2.22. The van der Waals surface area contributed by atoms with Crippen molar-refractivity contribution in [2.75, 3.05) is 6.54 Å². The molecule has 96 valence electrons. The number of hydrogen-bond acceptors (Lipinski definition) is 3. The van der Waals surface area contributed by atoms with Gasteiger partial charge in [0.2, 0.25) is 0 Å². The van der Waals surface area contributed by atoms with E-state index in [2.05, 4.69) is 4.98 Å². The summed E-state index contributed by atoms with van der Waals surface area (Å²) in [5.74, 6) is -1.22. The maximum absolute atomic E-state index is 12.2. The van der Waals surface area contributed by atoms with E-state index in [1.165, 1.54) is 4.90 Å². The summed E-state index contributed by atoms with van der Waals surface area (Å²) in [5, 5.41) is 9.07. The molecule has 1 fully saturated rings. The number of nitrogens with zero attached hydrogens (tertiary/aromatic N) is 2. The highest BCUT2D eigenvalue weighted by molar-refractivity contribution is 5.95. The molecule has 0 bridgehead atoms. The number of aryl methyl sites for hydroxylation is 1. The van der Waals surface area contributed by atoms with E-state index in [-0.39, 0.29) is 5.91 Å². The third kappa shape index (κ3) is 2.34. The van der Waals surface area contributed by atoms with Gasteiger partial charge in [0.15, 0.2) is 0 Å². The minimum Gasteiger partial charge on any atom is -0.480 e. The van der Waals surface area contributed by atoms with Crippen molar-refractivity contribution in [2.45, 2.75) is 32.2 Å². The predicted octanol–water partition coefficient (Wildman–Crippen LogP) is 1.33. The number of hydrogen-bond donors (Lipinski definition) is 1. The van der Waals surface area contributed by atoms with Crippen molar-refractivity contribution in [3.63, 3.8) is 0 Å². The number of aliphatic carboxylic acids is 1. The number of carbonyl (C=O) groups excluding carboxylic acids is 1. The lowest BCUT2D eigenvalue weighted by Gasteiger charge is -2.21. The van der Waals surface area contributed by atoms with Crippen LogP contribution in [0, 0.1) is 0 Å². The fourth-order valence-electron chi connectivity index (χ4n) is 2.22. The first kappa shape index (κ1) is 12.5. The molecule has 2 heterocycles. The van der Waals surface area contributed by atoms with E-state index < -0.39 is 12.0 Å². The Hall–Kier alpha value is -1.91. The number of aromatic nitrogens is 1. The molecule has 18 heavy (non-hydrogen) atoms. The first-order valence-electron chi connectivity index (χ1n) is 6.12. The number of pyridine rings is 1. The van der Waals surface area contributed by atoms with Gasteiger partial charge in [0, 0.05) is 12.7 Å². The Morgan fingerprint density at radius 2 is 2.33 bits per heavy atom. The first-order chi connectivity index (χ1) is 8.63. The summed E-state index contributed by atoms with van der Waals surface area (Å²) >= 11 is 0. The van der Waals surface area contributed by atoms with Gasteiger partial charge in [0.1, 0.15) is 11.7 Å². The minimum absolute atomic E-state index is 0.282. The average Bonchev–Trinajstić information content (AvgIpc) is 2.87. The van der Waals surface area contributed by atoms with Crippen LogP contribution in [0.25, 0.3) is 0 Å². The van der Waals surface area contributed by atoms with E-state index in [0.717, 1.165) is 18.4 Å². The zero-order valence-corrected chi connectivity index (χ0v) is 10.3. The van der Waals surface area contributed by atoms with Crippen LogP contribution in [0.15, 0.2) is 18.3 Å². The number of amides is 1. The van der Waals surface area contributed by atoms with Crippen LogP contribution in [0.5, 0.6) is 0 Å². The molecular weight excluding hydrogens is 232 g/mol. The predicted molar refractivity (Wildman–Crippen MR) is 65.3 cm³/mol. The third-order valence-corrected chi connectivity index (χ3v) is 3.25. The monoisotopic (exact) mass is 248 g/mol. The van der Waals surface area contributed by atoms with Gasteiger partial charge in [0.25, 0.3) is 5.91 Å². The first-order valence-corrected chi connectivity index (χ1v) is 6.12. The summed E-state index contributed by atoms with van der Waals surface area (Å²) in [6.07, 6.45) is 3.67. The quantitative estimate of drug-likeness (QED) is 0.876. The summed E-state index contributed by atoms with van der Waals surface area (Å²) < 4.78 is 0. The van der Waals surface area contributed by atoms with Crippen LogP contribution >= 0.6 is 0 Å². The minimum atomic E-state index is -0.938. The molecule has 1 saturated heterocycles. The van der Waals surface area contributed by atoms with Crippen LogP contribution in [0.3, 0.4) is 0 Å². The van der Waals surface area contributed by atoms with E-state index in [9.17, 15) is 9.59 Å². The number of carbonyl (C=O) groups is 2. The van der Waals surface area contributed by atoms with Gasteiger partial charge in [-0.1, -0.05) is 6.92 Å². The molecular formula is C13H16N2O3. The second-order valence-corrected chi connectivity index (χ2v) is 4.40. The van der Waals surface area contributed by atoms with Crippen molar-refractivity contribution in [3.05, 3.63) is 29.6 Å². The molecule has 1 unspecified atom stereocenters. The third-order valence-electron chi connectivity index (χ3n) is 3.25. The van der Waals surface area contributed by atoms with E-state index in [1.807, 2.05) is 13.0 Å². The van der Waals surface area contributed by atoms with Crippen molar-refractivity contribution in [3.8, 4) is 0 Å². The van der Waals surface area contributed by atoms with E-state index in [1.54, 1.807) is 12.3 Å². The van der Waals surface area contributed by atoms with Gasteiger partial charge >= 0.3 is 5.97 Å². The van der Waals surface area contributed by atoms with Gasteiger partial charge in [-0.3, -0.25) is 9.78 Å². The van der Waals surface area contributed by atoms with Crippen LogP contribution in [-0.4, -0.2) is 39.5 Å². The molecule has 0 saturated carbocycles. The van der Waals surface area contributed by atoms with Crippen molar-refractivity contribution in [1.29, 1.82) is 0 Å². The molecule has 1 aliphatic rings. The lowest BCUT2D eigenvalue weighted by molar-refractivity contribution is -0.141. The van der Waals surface area contributed by atoms with Gasteiger partial charge in [-0.15, -0.1) is 0 Å². The molecule has 1 aromatic heterocycles. The summed E-state index contributed by atoms with van der Waals surface area (Å²) in [5.41, 5.74) is 1.36. The van der Waals surface area contributed by atoms with Gasteiger partial charge < -0.3 is 10.0 Å². The highest BCUT2D eigenvalue weighted by Gasteiger charge is 2.34.